The van der Waals surface area contributed by atoms with Crippen LogP contribution < -0.4 is 5.32 Å². The molecule has 2 aliphatic rings. The minimum atomic E-state index is -0.00218. The maximum absolute atomic E-state index is 12.6. The van der Waals surface area contributed by atoms with E-state index in [2.05, 4.69) is 5.32 Å². The summed E-state index contributed by atoms with van der Waals surface area (Å²) in [5.74, 6) is 0.416. The first-order chi connectivity index (χ1) is 11.3. The fourth-order valence-corrected chi connectivity index (χ4v) is 3.61. The first-order valence-electron chi connectivity index (χ1n) is 7.92. The number of hydrogen-bond donors (Lipinski definition) is 1. The molecular formula is C17H21N3O2S. The van der Waals surface area contributed by atoms with Crippen LogP contribution >= 0.6 is 11.8 Å². The van der Waals surface area contributed by atoms with Crippen LogP contribution in [0.4, 0.5) is 0 Å². The zero-order valence-electron chi connectivity index (χ0n) is 13.0. The second-order valence-corrected chi connectivity index (χ2v) is 6.50. The third-order valence-electron chi connectivity index (χ3n) is 4.05. The van der Waals surface area contributed by atoms with E-state index >= 15 is 0 Å². The molecule has 0 spiro atoms. The molecule has 1 aromatic carbocycles. The van der Waals surface area contributed by atoms with Gasteiger partial charge >= 0.3 is 0 Å². The van der Waals surface area contributed by atoms with Crippen molar-refractivity contribution in [3.05, 3.63) is 41.3 Å². The molecule has 2 heterocycles. The average molecular weight is 331 g/mol. The minimum Gasteiger partial charge on any atom is -0.340 e. The van der Waals surface area contributed by atoms with Crippen molar-refractivity contribution in [2.24, 2.45) is 0 Å². The molecule has 2 aliphatic heterocycles. The van der Waals surface area contributed by atoms with E-state index in [1.165, 1.54) is 11.8 Å². The number of thioether (sulfide) groups is 1. The quantitative estimate of drug-likeness (QED) is 0.909. The average Bonchev–Trinajstić information content (AvgIpc) is 2.87. The van der Waals surface area contributed by atoms with Gasteiger partial charge in [0.25, 0.3) is 0 Å². The molecule has 122 valence electrons. The predicted octanol–water partition coefficient (Wildman–Crippen LogP) is 1.38. The van der Waals surface area contributed by atoms with Crippen molar-refractivity contribution in [1.82, 2.24) is 15.1 Å². The largest absolute Gasteiger partial charge is 0.340 e. The number of nitrogens with one attached hydrogen (secondary N) is 1. The number of carbonyl (C=O) groups excluding carboxylic acids is 2. The fourth-order valence-electron chi connectivity index (χ4n) is 2.80. The molecule has 0 atom stereocenters. The lowest BCUT2D eigenvalue weighted by Gasteiger charge is -2.30. The molecule has 2 amide bonds. The van der Waals surface area contributed by atoms with Crippen molar-refractivity contribution in [3.8, 4) is 0 Å². The summed E-state index contributed by atoms with van der Waals surface area (Å²) in [5, 5.41) is 5.27. The van der Waals surface area contributed by atoms with Gasteiger partial charge in [0.1, 0.15) is 6.54 Å². The van der Waals surface area contributed by atoms with Gasteiger partial charge in [0.2, 0.25) is 11.8 Å². The van der Waals surface area contributed by atoms with E-state index in [4.69, 9.17) is 0 Å². The Kier molecular flexibility index (Phi) is 5.35. The number of amides is 2. The second kappa shape index (κ2) is 7.66. The van der Waals surface area contributed by atoms with Crippen LogP contribution in [0.1, 0.15) is 12.0 Å². The summed E-state index contributed by atoms with van der Waals surface area (Å²) in [4.78, 5) is 28.4. The first-order valence-corrected chi connectivity index (χ1v) is 8.96. The zero-order chi connectivity index (χ0) is 16.1. The third-order valence-corrected chi connectivity index (χ3v) is 4.85. The summed E-state index contributed by atoms with van der Waals surface area (Å²) < 4.78 is 0. The Hall–Kier alpha value is -1.79. The molecule has 3 rings (SSSR count). The molecule has 6 heteroatoms. The van der Waals surface area contributed by atoms with Crippen LogP contribution in [0.5, 0.6) is 0 Å². The summed E-state index contributed by atoms with van der Waals surface area (Å²) >= 11 is 1.49. The monoisotopic (exact) mass is 331 g/mol. The zero-order valence-corrected chi connectivity index (χ0v) is 13.8. The van der Waals surface area contributed by atoms with Crippen molar-refractivity contribution in [2.75, 3.05) is 38.5 Å². The van der Waals surface area contributed by atoms with Crippen molar-refractivity contribution in [3.63, 3.8) is 0 Å². The molecule has 5 nitrogen and oxygen atoms in total. The molecule has 1 fully saturated rings. The number of rotatable bonds is 3. The van der Waals surface area contributed by atoms with Gasteiger partial charge < -0.3 is 15.1 Å². The van der Waals surface area contributed by atoms with Crippen molar-refractivity contribution >= 4 is 29.3 Å². The number of carbonyl (C=O) groups is 2. The smallest absolute Gasteiger partial charge is 0.242 e. The molecular weight excluding hydrogens is 310 g/mol. The third kappa shape index (κ3) is 3.95. The summed E-state index contributed by atoms with van der Waals surface area (Å²) in [6.45, 7) is 3.35. The van der Waals surface area contributed by atoms with Crippen LogP contribution in [0.25, 0.3) is 5.70 Å². The highest BCUT2D eigenvalue weighted by molar-refractivity contribution is 8.03. The van der Waals surface area contributed by atoms with Gasteiger partial charge in [-0.15, -0.1) is 11.8 Å². The first kappa shape index (κ1) is 16.1. The molecule has 0 saturated carbocycles. The lowest BCUT2D eigenvalue weighted by molar-refractivity contribution is -0.136. The van der Waals surface area contributed by atoms with Gasteiger partial charge in [-0.2, -0.15) is 0 Å². The molecule has 0 radical (unpaired) electrons. The molecule has 1 saturated heterocycles. The van der Waals surface area contributed by atoms with E-state index in [9.17, 15) is 9.59 Å². The maximum Gasteiger partial charge on any atom is 0.242 e. The van der Waals surface area contributed by atoms with E-state index in [1.54, 1.807) is 4.90 Å². The predicted molar refractivity (Wildman–Crippen MR) is 92.7 cm³/mol. The van der Waals surface area contributed by atoms with E-state index in [0.29, 0.717) is 12.3 Å². The van der Waals surface area contributed by atoms with Crippen LogP contribution in [0.3, 0.4) is 0 Å². The number of nitrogens with zero attached hydrogens (tertiary/aromatic N) is 2. The highest BCUT2D eigenvalue weighted by Gasteiger charge is 2.27. The van der Waals surface area contributed by atoms with Gasteiger partial charge in [0, 0.05) is 19.6 Å². The van der Waals surface area contributed by atoms with Crippen LogP contribution in [0, 0.1) is 0 Å². The Morgan fingerprint density at radius 2 is 2.00 bits per heavy atom. The Balaban J connectivity index is 1.75. The summed E-state index contributed by atoms with van der Waals surface area (Å²) in [7, 11) is 0. The van der Waals surface area contributed by atoms with Gasteiger partial charge in [-0.25, -0.2) is 0 Å². The number of benzene rings is 1. The summed E-state index contributed by atoms with van der Waals surface area (Å²) in [6.07, 6.45) is 0.955. The highest BCUT2D eigenvalue weighted by atomic mass is 32.2. The molecule has 0 bridgehead atoms. The normalized spacial score (nSPS) is 19.3. The minimum absolute atomic E-state index is 0.00218. The second-order valence-electron chi connectivity index (χ2n) is 5.64. The van der Waals surface area contributed by atoms with E-state index in [1.807, 2.05) is 40.6 Å². The lowest BCUT2D eigenvalue weighted by Crippen LogP contribution is -2.44. The van der Waals surface area contributed by atoms with Crippen LogP contribution in [-0.4, -0.2) is 60.1 Å². The molecule has 23 heavy (non-hydrogen) atoms. The van der Waals surface area contributed by atoms with E-state index in [-0.39, 0.29) is 18.4 Å². The molecule has 0 aliphatic carbocycles. The lowest BCUT2D eigenvalue weighted by atomic mass is 10.1. The van der Waals surface area contributed by atoms with Gasteiger partial charge in [-0.1, -0.05) is 30.3 Å². The standard InChI is InChI=1S/C17H21N3O2S/c21-16(19-9-4-7-18-8-10-19)11-20-15(12-23-13-17(20)22)14-5-2-1-3-6-14/h1-3,5-6,12,18H,4,7-11,13H2. The van der Waals surface area contributed by atoms with Crippen LogP contribution in [0.2, 0.25) is 0 Å². The Bertz CT molecular complexity index is 595. The molecule has 0 aromatic heterocycles. The Morgan fingerprint density at radius 1 is 1.17 bits per heavy atom. The molecule has 1 N–H and O–H groups in total. The van der Waals surface area contributed by atoms with Crippen molar-refractivity contribution < 1.29 is 9.59 Å². The van der Waals surface area contributed by atoms with E-state index in [0.717, 1.165) is 37.3 Å². The van der Waals surface area contributed by atoms with Crippen LogP contribution in [0.15, 0.2) is 35.7 Å². The summed E-state index contributed by atoms with van der Waals surface area (Å²) in [6, 6.07) is 9.78. The Morgan fingerprint density at radius 3 is 2.83 bits per heavy atom. The van der Waals surface area contributed by atoms with Gasteiger partial charge in [0.15, 0.2) is 0 Å². The van der Waals surface area contributed by atoms with Crippen LogP contribution in [-0.2, 0) is 9.59 Å². The highest BCUT2D eigenvalue weighted by Crippen LogP contribution is 2.28. The summed E-state index contributed by atoms with van der Waals surface area (Å²) in [5.41, 5.74) is 1.80. The van der Waals surface area contributed by atoms with Crippen molar-refractivity contribution in [2.45, 2.75) is 6.42 Å². The Labute approximate surface area is 140 Å². The molecule has 1 aromatic rings. The molecule has 0 unspecified atom stereocenters. The maximum atomic E-state index is 12.6. The van der Waals surface area contributed by atoms with Crippen molar-refractivity contribution in [1.29, 1.82) is 0 Å². The van der Waals surface area contributed by atoms with Gasteiger partial charge in [-0.3, -0.25) is 9.59 Å². The number of hydrogen-bond acceptors (Lipinski definition) is 4. The SMILES string of the molecule is O=C(CN1C(=O)CSC=C1c1ccccc1)N1CCCNCC1. The van der Waals surface area contributed by atoms with E-state index < -0.39 is 0 Å². The van der Waals surface area contributed by atoms with Gasteiger partial charge in [0.05, 0.1) is 11.4 Å². The fraction of sp³-hybridized carbons (Fsp3) is 0.412. The topological polar surface area (TPSA) is 52.7 Å². The van der Waals surface area contributed by atoms with Gasteiger partial charge in [-0.05, 0) is 23.9 Å².